The second kappa shape index (κ2) is 8.29. The Balaban J connectivity index is 0.00000192. The minimum atomic E-state index is -0.171. The maximum absolute atomic E-state index is 12.2. The summed E-state index contributed by atoms with van der Waals surface area (Å²) in [7, 11) is 0. The van der Waals surface area contributed by atoms with Gasteiger partial charge in [0.05, 0.1) is 17.4 Å². The van der Waals surface area contributed by atoms with Crippen molar-refractivity contribution >= 4 is 45.7 Å². The van der Waals surface area contributed by atoms with Crippen LogP contribution < -0.4 is 15.5 Å². The lowest BCUT2D eigenvalue weighted by atomic mass is 10.2. The second-order valence-corrected chi connectivity index (χ2v) is 5.93. The van der Waals surface area contributed by atoms with E-state index in [9.17, 15) is 4.79 Å². The number of piperazine rings is 1. The summed E-state index contributed by atoms with van der Waals surface area (Å²) < 4.78 is 0.768. The first-order valence-electron chi connectivity index (χ1n) is 7.21. The lowest BCUT2D eigenvalue weighted by molar-refractivity contribution is 0.102. The van der Waals surface area contributed by atoms with E-state index in [2.05, 4.69) is 36.4 Å². The van der Waals surface area contributed by atoms with Gasteiger partial charge in [-0.15, -0.1) is 12.4 Å². The lowest BCUT2D eigenvalue weighted by Crippen LogP contribution is -2.43. The quantitative estimate of drug-likeness (QED) is 0.836. The number of hydrogen-bond acceptors (Lipinski definition) is 4. The van der Waals surface area contributed by atoms with E-state index in [1.54, 1.807) is 12.3 Å². The van der Waals surface area contributed by atoms with Crippen LogP contribution in [0.15, 0.2) is 47.1 Å². The van der Waals surface area contributed by atoms with Crippen molar-refractivity contribution in [1.29, 1.82) is 0 Å². The number of nitrogens with one attached hydrogen (secondary N) is 2. The van der Waals surface area contributed by atoms with Gasteiger partial charge in [-0.3, -0.25) is 4.79 Å². The molecule has 1 fully saturated rings. The minimum absolute atomic E-state index is 0. The molecule has 2 aromatic rings. The highest BCUT2D eigenvalue weighted by Crippen LogP contribution is 2.19. The molecule has 1 saturated heterocycles. The van der Waals surface area contributed by atoms with Crippen molar-refractivity contribution < 1.29 is 4.79 Å². The van der Waals surface area contributed by atoms with Crippen LogP contribution >= 0.6 is 28.3 Å². The number of aromatic nitrogens is 1. The molecule has 7 heteroatoms. The van der Waals surface area contributed by atoms with Crippen LogP contribution in [0.25, 0.3) is 0 Å². The zero-order chi connectivity index (χ0) is 15.4. The summed E-state index contributed by atoms with van der Waals surface area (Å²) in [6.45, 7) is 3.93. The van der Waals surface area contributed by atoms with Crippen LogP contribution in [0.1, 0.15) is 10.4 Å². The summed E-state index contributed by atoms with van der Waals surface area (Å²) in [4.78, 5) is 18.8. The molecule has 0 saturated carbocycles. The van der Waals surface area contributed by atoms with Crippen LogP contribution in [0.4, 0.5) is 11.5 Å². The molecule has 3 rings (SSSR count). The van der Waals surface area contributed by atoms with Crippen molar-refractivity contribution in [3.63, 3.8) is 0 Å². The fraction of sp³-hybridized carbons (Fsp3) is 0.250. The van der Waals surface area contributed by atoms with Crippen LogP contribution in [-0.4, -0.2) is 37.1 Å². The Morgan fingerprint density at radius 1 is 1.17 bits per heavy atom. The van der Waals surface area contributed by atoms with Crippen molar-refractivity contribution in [2.75, 3.05) is 36.4 Å². The van der Waals surface area contributed by atoms with Gasteiger partial charge in [0.25, 0.3) is 5.91 Å². The molecule has 2 heterocycles. The monoisotopic (exact) mass is 396 g/mol. The van der Waals surface area contributed by atoms with Gasteiger partial charge in [0.1, 0.15) is 5.82 Å². The summed E-state index contributed by atoms with van der Waals surface area (Å²) in [5.41, 5.74) is 1.68. The molecule has 1 aliphatic rings. The molecule has 1 amide bonds. The van der Waals surface area contributed by atoms with E-state index in [1.807, 2.05) is 30.3 Å². The lowest BCUT2D eigenvalue weighted by Gasteiger charge is -2.29. The smallest absolute Gasteiger partial charge is 0.257 e. The standard InChI is InChI=1S/C16H17BrN4O.ClH/c17-14-4-2-1-3-13(14)16(22)20-15-6-5-12(11-19-15)21-9-7-18-8-10-21;/h1-6,11,18H,7-10H2,(H,19,20,22);1H. The molecule has 0 radical (unpaired) electrons. The second-order valence-electron chi connectivity index (χ2n) is 5.07. The van der Waals surface area contributed by atoms with Crippen molar-refractivity contribution in [1.82, 2.24) is 10.3 Å². The Hall–Kier alpha value is -1.63. The van der Waals surface area contributed by atoms with E-state index in [0.717, 1.165) is 36.3 Å². The molecule has 0 atom stereocenters. The molecule has 0 spiro atoms. The van der Waals surface area contributed by atoms with Gasteiger partial charge in [0, 0.05) is 30.7 Å². The fourth-order valence-electron chi connectivity index (χ4n) is 2.40. The van der Waals surface area contributed by atoms with Gasteiger partial charge in [-0.2, -0.15) is 0 Å². The molecule has 122 valence electrons. The number of nitrogens with zero attached hydrogens (tertiary/aromatic N) is 2. The summed E-state index contributed by atoms with van der Waals surface area (Å²) in [5.74, 6) is 0.384. The molecule has 1 aromatic carbocycles. The molecule has 0 aliphatic carbocycles. The highest BCUT2D eigenvalue weighted by Gasteiger charge is 2.12. The van der Waals surface area contributed by atoms with Gasteiger partial charge in [0.2, 0.25) is 0 Å². The Bertz CT molecular complexity index is 659. The third kappa shape index (κ3) is 4.43. The molecular formula is C16H18BrClN4O. The zero-order valence-corrected chi connectivity index (χ0v) is 14.9. The predicted molar refractivity (Wildman–Crippen MR) is 98.7 cm³/mol. The van der Waals surface area contributed by atoms with Gasteiger partial charge < -0.3 is 15.5 Å². The Morgan fingerprint density at radius 2 is 1.91 bits per heavy atom. The Kier molecular flexibility index (Phi) is 6.38. The number of pyridine rings is 1. The molecule has 23 heavy (non-hydrogen) atoms. The average molecular weight is 398 g/mol. The summed E-state index contributed by atoms with van der Waals surface area (Å²) in [5, 5.41) is 6.14. The molecule has 2 N–H and O–H groups in total. The van der Waals surface area contributed by atoms with E-state index < -0.39 is 0 Å². The van der Waals surface area contributed by atoms with Crippen molar-refractivity contribution in [2.24, 2.45) is 0 Å². The van der Waals surface area contributed by atoms with Crippen LogP contribution in [0.5, 0.6) is 0 Å². The molecule has 1 aliphatic heterocycles. The van der Waals surface area contributed by atoms with Crippen LogP contribution in [0.2, 0.25) is 0 Å². The van der Waals surface area contributed by atoms with Gasteiger partial charge in [-0.05, 0) is 40.2 Å². The molecule has 1 aromatic heterocycles. The number of halogens is 2. The number of hydrogen-bond donors (Lipinski definition) is 2. The third-order valence-corrected chi connectivity index (χ3v) is 4.28. The number of rotatable bonds is 3. The van der Waals surface area contributed by atoms with Crippen molar-refractivity contribution in [3.8, 4) is 0 Å². The minimum Gasteiger partial charge on any atom is -0.368 e. The topological polar surface area (TPSA) is 57.3 Å². The van der Waals surface area contributed by atoms with Crippen LogP contribution in [-0.2, 0) is 0 Å². The van der Waals surface area contributed by atoms with Crippen molar-refractivity contribution in [3.05, 3.63) is 52.6 Å². The van der Waals surface area contributed by atoms with E-state index >= 15 is 0 Å². The third-order valence-electron chi connectivity index (χ3n) is 3.59. The number of anilines is 2. The maximum Gasteiger partial charge on any atom is 0.257 e. The van der Waals surface area contributed by atoms with E-state index in [1.165, 1.54) is 0 Å². The van der Waals surface area contributed by atoms with Crippen LogP contribution in [0, 0.1) is 0 Å². The summed E-state index contributed by atoms with van der Waals surface area (Å²) >= 11 is 3.38. The van der Waals surface area contributed by atoms with Gasteiger partial charge in [-0.1, -0.05) is 12.1 Å². The highest BCUT2D eigenvalue weighted by atomic mass is 79.9. The maximum atomic E-state index is 12.2. The van der Waals surface area contributed by atoms with E-state index in [0.29, 0.717) is 11.4 Å². The van der Waals surface area contributed by atoms with E-state index in [4.69, 9.17) is 0 Å². The molecule has 0 unspecified atom stereocenters. The van der Waals surface area contributed by atoms with Crippen molar-refractivity contribution in [2.45, 2.75) is 0 Å². The molecular weight excluding hydrogens is 380 g/mol. The number of amides is 1. The highest BCUT2D eigenvalue weighted by molar-refractivity contribution is 9.10. The van der Waals surface area contributed by atoms with Gasteiger partial charge in [0.15, 0.2) is 0 Å². The summed E-state index contributed by atoms with van der Waals surface area (Å²) in [6.07, 6.45) is 1.81. The predicted octanol–water partition coefficient (Wildman–Crippen LogP) is 2.93. The number of carbonyl (C=O) groups excluding carboxylic acids is 1. The van der Waals surface area contributed by atoms with E-state index in [-0.39, 0.29) is 18.3 Å². The Labute approximate surface area is 150 Å². The Morgan fingerprint density at radius 3 is 2.57 bits per heavy atom. The molecule has 5 nitrogen and oxygen atoms in total. The largest absolute Gasteiger partial charge is 0.368 e. The average Bonchev–Trinajstić information content (AvgIpc) is 2.57. The van der Waals surface area contributed by atoms with Crippen LogP contribution in [0.3, 0.4) is 0 Å². The zero-order valence-electron chi connectivity index (χ0n) is 12.5. The normalized spacial score (nSPS) is 14.0. The first kappa shape index (κ1) is 17.7. The molecule has 0 bridgehead atoms. The number of carbonyl (C=O) groups is 1. The van der Waals surface area contributed by atoms with Gasteiger partial charge >= 0.3 is 0 Å². The fourth-order valence-corrected chi connectivity index (χ4v) is 2.86. The van der Waals surface area contributed by atoms with Gasteiger partial charge in [-0.25, -0.2) is 4.98 Å². The SMILES string of the molecule is Cl.O=C(Nc1ccc(N2CCNCC2)cn1)c1ccccc1Br. The number of benzene rings is 1. The first-order valence-corrected chi connectivity index (χ1v) is 8.01. The summed E-state index contributed by atoms with van der Waals surface area (Å²) in [6, 6.07) is 11.2. The first-order chi connectivity index (χ1) is 10.7.